The maximum atomic E-state index is 12.7. The Balaban J connectivity index is 2.13. The van der Waals surface area contributed by atoms with E-state index in [2.05, 4.69) is 6.58 Å². The summed E-state index contributed by atoms with van der Waals surface area (Å²) in [6, 6.07) is 19.6. The topological polar surface area (TPSA) is 71.1 Å². The van der Waals surface area contributed by atoms with Crippen LogP contribution in [0.5, 0.6) is 0 Å². The molecule has 35 heavy (non-hydrogen) atoms. The zero-order valence-electron chi connectivity index (χ0n) is 21.1. The van der Waals surface area contributed by atoms with E-state index in [0.717, 1.165) is 11.1 Å². The van der Waals surface area contributed by atoms with Crippen LogP contribution in [0.4, 0.5) is 0 Å². The first-order valence-corrected chi connectivity index (χ1v) is 12.1. The van der Waals surface area contributed by atoms with Crippen molar-refractivity contribution in [3.8, 4) is 0 Å². The van der Waals surface area contributed by atoms with Crippen molar-refractivity contribution in [2.45, 2.75) is 71.6 Å². The molecule has 1 atom stereocenters. The van der Waals surface area contributed by atoms with Crippen LogP contribution in [-0.4, -0.2) is 30.4 Å². The number of carbonyl (C=O) groups excluding carboxylic acids is 2. The summed E-state index contributed by atoms with van der Waals surface area (Å²) in [4.78, 5) is 24.7. The Hall–Kier alpha value is -2.96. The second-order valence-electron chi connectivity index (χ2n) is 9.38. The SMILES string of the molecule is C=CCOC(=O)CCC[C@@H](CC(=O)OC(C)(C)C)C(OCc1ccccc1)OCc1ccccc1. The van der Waals surface area contributed by atoms with Gasteiger partial charge >= 0.3 is 11.9 Å². The number of rotatable bonds is 15. The molecule has 2 rings (SSSR count). The minimum Gasteiger partial charge on any atom is -0.461 e. The summed E-state index contributed by atoms with van der Waals surface area (Å²) in [5.41, 5.74) is 1.41. The Bertz CT molecular complexity index is 845. The van der Waals surface area contributed by atoms with Gasteiger partial charge in [-0.25, -0.2) is 0 Å². The first kappa shape index (κ1) is 28.3. The highest BCUT2D eigenvalue weighted by Crippen LogP contribution is 2.25. The summed E-state index contributed by atoms with van der Waals surface area (Å²) in [5, 5.41) is 0. The quantitative estimate of drug-likeness (QED) is 0.176. The predicted octanol–water partition coefficient (Wildman–Crippen LogP) is 5.99. The first-order chi connectivity index (χ1) is 16.8. The third kappa shape index (κ3) is 12.3. The number of benzene rings is 2. The molecule has 0 bridgehead atoms. The van der Waals surface area contributed by atoms with E-state index in [1.54, 1.807) is 0 Å². The van der Waals surface area contributed by atoms with Crippen LogP contribution < -0.4 is 0 Å². The van der Waals surface area contributed by atoms with Gasteiger partial charge in [-0.15, -0.1) is 0 Å². The standard InChI is InChI=1S/C29H38O6/c1-5-19-32-26(30)18-12-17-25(20-27(31)35-29(2,3)4)28(33-21-23-13-8-6-9-14-23)34-22-24-15-10-7-11-16-24/h5-11,13-16,25,28H,1,12,17-22H2,2-4H3/t25-/m0/s1. The van der Waals surface area contributed by atoms with Gasteiger partial charge in [-0.3, -0.25) is 9.59 Å². The molecule has 0 N–H and O–H groups in total. The Morgan fingerprint density at radius 2 is 1.43 bits per heavy atom. The monoisotopic (exact) mass is 482 g/mol. The maximum absolute atomic E-state index is 12.7. The highest BCUT2D eigenvalue weighted by molar-refractivity contribution is 5.70. The van der Waals surface area contributed by atoms with Gasteiger partial charge in [-0.2, -0.15) is 0 Å². The maximum Gasteiger partial charge on any atom is 0.306 e. The van der Waals surface area contributed by atoms with Crippen LogP contribution in [0.2, 0.25) is 0 Å². The molecular formula is C29H38O6. The average Bonchev–Trinajstić information content (AvgIpc) is 2.82. The molecule has 0 aliphatic carbocycles. The Labute approximate surface area is 209 Å². The second kappa shape index (κ2) is 15.1. The minimum atomic E-state index is -0.660. The van der Waals surface area contributed by atoms with Gasteiger partial charge in [-0.1, -0.05) is 73.3 Å². The summed E-state index contributed by atoms with van der Waals surface area (Å²) in [6.45, 7) is 9.93. The van der Waals surface area contributed by atoms with Crippen LogP contribution in [0, 0.1) is 5.92 Å². The second-order valence-corrected chi connectivity index (χ2v) is 9.38. The van der Waals surface area contributed by atoms with Gasteiger partial charge in [0.1, 0.15) is 12.2 Å². The van der Waals surface area contributed by atoms with Gasteiger partial charge in [-0.05, 0) is 44.7 Å². The third-order valence-electron chi connectivity index (χ3n) is 5.07. The van der Waals surface area contributed by atoms with Crippen molar-refractivity contribution >= 4 is 11.9 Å². The molecule has 2 aromatic rings. The van der Waals surface area contributed by atoms with Crippen molar-refractivity contribution in [1.82, 2.24) is 0 Å². The van der Waals surface area contributed by atoms with E-state index in [1.165, 1.54) is 6.08 Å². The van der Waals surface area contributed by atoms with Crippen molar-refractivity contribution in [3.05, 3.63) is 84.4 Å². The summed E-state index contributed by atoms with van der Waals surface area (Å²) in [6.07, 6.45) is 2.30. The lowest BCUT2D eigenvalue weighted by Crippen LogP contribution is -2.32. The van der Waals surface area contributed by atoms with Crippen LogP contribution in [0.3, 0.4) is 0 Å². The first-order valence-electron chi connectivity index (χ1n) is 12.1. The lowest BCUT2D eigenvalue weighted by atomic mass is 9.97. The van der Waals surface area contributed by atoms with Gasteiger partial charge in [0.2, 0.25) is 0 Å². The molecular weight excluding hydrogens is 444 g/mol. The molecule has 6 nitrogen and oxygen atoms in total. The highest BCUT2D eigenvalue weighted by atomic mass is 16.7. The van der Waals surface area contributed by atoms with Gasteiger partial charge < -0.3 is 18.9 Å². The van der Waals surface area contributed by atoms with Crippen LogP contribution >= 0.6 is 0 Å². The van der Waals surface area contributed by atoms with Crippen LogP contribution in [0.15, 0.2) is 73.3 Å². The van der Waals surface area contributed by atoms with E-state index in [9.17, 15) is 9.59 Å². The Kier molecular flexibility index (Phi) is 12.2. The van der Waals surface area contributed by atoms with Gasteiger partial charge in [0.05, 0.1) is 19.6 Å². The molecule has 0 amide bonds. The number of ether oxygens (including phenoxy) is 4. The van der Waals surface area contributed by atoms with E-state index in [1.807, 2.05) is 81.4 Å². The fourth-order valence-electron chi connectivity index (χ4n) is 3.49. The highest BCUT2D eigenvalue weighted by Gasteiger charge is 2.28. The smallest absolute Gasteiger partial charge is 0.306 e. The zero-order valence-corrected chi connectivity index (χ0v) is 21.1. The molecule has 0 heterocycles. The van der Waals surface area contributed by atoms with Gasteiger partial charge in [0.15, 0.2) is 6.29 Å². The summed E-state index contributed by atoms with van der Waals surface area (Å²) >= 11 is 0. The predicted molar refractivity (Wildman–Crippen MR) is 135 cm³/mol. The number of esters is 2. The molecule has 0 saturated carbocycles. The van der Waals surface area contributed by atoms with Gasteiger partial charge in [0.25, 0.3) is 0 Å². The fourth-order valence-corrected chi connectivity index (χ4v) is 3.49. The van der Waals surface area contributed by atoms with Crippen LogP contribution in [-0.2, 0) is 41.8 Å². The molecule has 0 radical (unpaired) electrons. The average molecular weight is 483 g/mol. The molecule has 0 saturated heterocycles. The molecule has 190 valence electrons. The van der Waals surface area contributed by atoms with E-state index in [0.29, 0.717) is 26.1 Å². The van der Waals surface area contributed by atoms with Crippen molar-refractivity contribution < 1.29 is 28.5 Å². The third-order valence-corrected chi connectivity index (χ3v) is 5.07. The summed E-state index contributed by atoms with van der Waals surface area (Å²) in [7, 11) is 0. The summed E-state index contributed by atoms with van der Waals surface area (Å²) < 4.78 is 23.1. The lowest BCUT2D eigenvalue weighted by molar-refractivity contribution is -0.195. The number of carbonyl (C=O) groups is 2. The van der Waals surface area contributed by atoms with Crippen molar-refractivity contribution in [1.29, 1.82) is 0 Å². The zero-order chi connectivity index (χ0) is 25.5. The lowest BCUT2D eigenvalue weighted by Gasteiger charge is -2.28. The molecule has 0 aromatic heterocycles. The minimum absolute atomic E-state index is 0.118. The molecule has 0 fully saturated rings. The molecule has 0 aliphatic rings. The van der Waals surface area contributed by atoms with Crippen LogP contribution in [0.25, 0.3) is 0 Å². The fraction of sp³-hybridized carbons (Fsp3) is 0.448. The molecule has 0 spiro atoms. The molecule has 6 heteroatoms. The molecule has 0 aliphatic heterocycles. The largest absolute Gasteiger partial charge is 0.461 e. The summed E-state index contributed by atoms with van der Waals surface area (Å²) in [5.74, 6) is -0.925. The van der Waals surface area contributed by atoms with Gasteiger partial charge in [0, 0.05) is 12.3 Å². The Morgan fingerprint density at radius 3 is 1.91 bits per heavy atom. The normalized spacial score (nSPS) is 12.2. The van der Waals surface area contributed by atoms with Crippen molar-refractivity contribution in [2.24, 2.45) is 5.92 Å². The van der Waals surface area contributed by atoms with E-state index in [4.69, 9.17) is 18.9 Å². The van der Waals surface area contributed by atoms with Crippen molar-refractivity contribution in [3.63, 3.8) is 0 Å². The van der Waals surface area contributed by atoms with E-state index in [-0.39, 0.29) is 37.3 Å². The molecule has 0 unspecified atom stereocenters. The van der Waals surface area contributed by atoms with Crippen LogP contribution in [0.1, 0.15) is 57.6 Å². The van der Waals surface area contributed by atoms with E-state index < -0.39 is 11.9 Å². The van der Waals surface area contributed by atoms with Crippen molar-refractivity contribution in [2.75, 3.05) is 6.61 Å². The van der Waals surface area contributed by atoms with E-state index >= 15 is 0 Å². The Morgan fingerprint density at radius 1 is 0.886 bits per heavy atom. The number of hydrogen-bond donors (Lipinski definition) is 0. The number of hydrogen-bond acceptors (Lipinski definition) is 6. The molecule has 2 aromatic carbocycles.